The summed E-state index contributed by atoms with van der Waals surface area (Å²) in [6.45, 7) is 7.86. The molecule has 10 heteroatoms. The number of carbonyl (C=O) groups is 2. The summed E-state index contributed by atoms with van der Waals surface area (Å²) in [6.07, 6.45) is 13.0. The molecule has 0 radical (unpaired) electrons. The molecule has 10 nitrogen and oxygen atoms in total. The van der Waals surface area contributed by atoms with Crippen molar-refractivity contribution < 1.29 is 14.3 Å². The first-order chi connectivity index (χ1) is 19.5. The minimum Gasteiger partial charge on any atom is -0.453 e. The molecule has 40 heavy (non-hydrogen) atoms. The average molecular weight is 550 g/mol. The number of hydrogen-bond acceptors (Lipinski definition) is 6. The van der Waals surface area contributed by atoms with Gasteiger partial charge in [-0.1, -0.05) is 26.0 Å². The number of nitrogens with zero attached hydrogens (tertiary/aromatic N) is 5. The summed E-state index contributed by atoms with van der Waals surface area (Å²) in [5, 5.41) is 0. The van der Waals surface area contributed by atoms with Gasteiger partial charge in [-0.15, -0.1) is 0 Å². The van der Waals surface area contributed by atoms with Crippen molar-refractivity contribution in [1.29, 1.82) is 0 Å². The first-order valence-corrected chi connectivity index (χ1v) is 14.5. The van der Waals surface area contributed by atoms with Gasteiger partial charge in [0.05, 0.1) is 20.2 Å². The molecule has 2 N–H and O–H groups in total. The zero-order chi connectivity index (χ0) is 28.3. The summed E-state index contributed by atoms with van der Waals surface area (Å²) in [5.74, 6) is 1.28. The van der Waals surface area contributed by atoms with Crippen LogP contribution in [0.5, 0.6) is 0 Å². The van der Waals surface area contributed by atoms with Crippen LogP contribution in [-0.4, -0.2) is 78.9 Å². The van der Waals surface area contributed by atoms with E-state index in [2.05, 4.69) is 38.7 Å². The number of imidazole rings is 2. The molecule has 0 spiro atoms. The molecule has 2 heterocycles. The van der Waals surface area contributed by atoms with Crippen LogP contribution in [0.15, 0.2) is 49.1 Å². The van der Waals surface area contributed by atoms with Gasteiger partial charge >= 0.3 is 6.09 Å². The highest BCUT2D eigenvalue weighted by Gasteiger charge is 2.31. The van der Waals surface area contributed by atoms with E-state index in [0.29, 0.717) is 42.9 Å². The van der Waals surface area contributed by atoms with E-state index in [4.69, 9.17) is 4.74 Å². The topological polar surface area (TPSA) is 110 Å². The third-order valence-corrected chi connectivity index (χ3v) is 7.69. The zero-order valence-electron chi connectivity index (χ0n) is 24.0. The Balaban J connectivity index is 1.41. The van der Waals surface area contributed by atoms with Crippen molar-refractivity contribution in [2.45, 2.75) is 84.1 Å². The van der Waals surface area contributed by atoms with Crippen molar-refractivity contribution in [3.05, 3.63) is 71.8 Å². The van der Waals surface area contributed by atoms with Crippen LogP contribution >= 0.6 is 0 Å². The highest BCUT2D eigenvalue weighted by atomic mass is 16.5. The van der Waals surface area contributed by atoms with Crippen molar-refractivity contribution in [2.75, 3.05) is 20.2 Å². The zero-order valence-corrected chi connectivity index (χ0v) is 24.0. The summed E-state index contributed by atoms with van der Waals surface area (Å²) >= 11 is 0. The fraction of sp³-hybridized carbons (Fsp3) is 0.533. The van der Waals surface area contributed by atoms with Crippen molar-refractivity contribution >= 4 is 12.0 Å². The van der Waals surface area contributed by atoms with Gasteiger partial charge in [0.25, 0.3) is 5.91 Å². The Morgan fingerprint density at radius 1 is 0.850 bits per heavy atom. The van der Waals surface area contributed by atoms with E-state index in [-0.39, 0.29) is 18.0 Å². The minimum atomic E-state index is -0.300. The van der Waals surface area contributed by atoms with E-state index in [1.165, 1.54) is 7.11 Å². The van der Waals surface area contributed by atoms with Crippen LogP contribution in [0.3, 0.4) is 0 Å². The molecule has 2 aromatic heterocycles. The molecule has 3 aromatic rings. The van der Waals surface area contributed by atoms with Crippen molar-refractivity contribution in [1.82, 2.24) is 34.6 Å². The number of nitrogens with one attached hydrogen (secondary N) is 2. The summed E-state index contributed by atoms with van der Waals surface area (Å²) in [6, 6.07) is 8.25. The smallest absolute Gasteiger partial charge is 0.410 e. The van der Waals surface area contributed by atoms with Crippen LogP contribution in [0, 0.1) is 0 Å². The number of hydrogen-bond donors (Lipinski definition) is 2. The lowest BCUT2D eigenvalue weighted by Crippen LogP contribution is -2.46. The number of methoxy groups -OCH3 is 1. The summed E-state index contributed by atoms with van der Waals surface area (Å²) in [5.41, 5.74) is 1.53. The molecule has 4 rings (SSSR count). The fourth-order valence-corrected chi connectivity index (χ4v) is 5.71. The predicted molar refractivity (Wildman–Crippen MR) is 153 cm³/mol. The quantitative estimate of drug-likeness (QED) is 0.311. The second-order valence-electron chi connectivity index (χ2n) is 10.5. The fourth-order valence-electron chi connectivity index (χ4n) is 5.71. The van der Waals surface area contributed by atoms with Crippen LogP contribution in [0.25, 0.3) is 0 Å². The number of carbonyl (C=O) groups excluding carboxylic acids is 2. The highest BCUT2D eigenvalue weighted by Crippen LogP contribution is 2.28. The molecular weight excluding hydrogens is 506 g/mol. The van der Waals surface area contributed by atoms with Gasteiger partial charge in [-0.3, -0.25) is 4.79 Å². The molecule has 1 aliphatic carbocycles. The van der Waals surface area contributed by atoms with Gasteiger partial charge in [0.2, 0.25) is 0 Å². The first-order valence-electron chi connectivity index (χ1n) is 14.5. The Morgan fingerprint density at radius 3 is 1.88 bits per heavy atom. The van der Waals surface area contributed by atoms with Gasteiger partial charge in [0.1, 0.15) is 11.6 Å². The first kappa shape index (κ1) is 29.3. The second kappa shape index (κ2) is 14.6. The van der Waals surface area contributed by atoms with Gasteiger partial charge < -0.3 is 29.4 Å². The van der Waals surface area contributed by atoms with Crippen LogP contribution in [0.1, 0.15) is 79.9 Å². The minimum absolute atomic E-state index is 0.119. The average Bonchev–Trinajstić information content (AvgIpc) is 3.70. The van der Waals surface area contributed by atoms with Gasteiger partial charge in [-0.25, -0.2) is 14.8 Å². The van der Waals surface area contributed by atoms with E-state index in [1.807, 2.05) is 29.2 Å². The molecule has 1 fully saturated rings. The highest BCUT2D eigenvalue weighted by molar-refractivity contribution is 5.94. The van der Waals surface area contributed by atoms with E-state index >= 15 is 0 Å². The Morgan fingerprint density at radius 2 is 1.40 bits per heavy atom. The number of amides is 2. The molecule has 0 aliphatic heterocycles. The lowest BCUT2D eigenvalue weighted by Gasteiger charge is -2.40. The van der Waals surface area contributed by atoms with Crippen molar-refractivity contribution in [2.24, 2.45) is 0 Å². The molecule has 1 aromatic carbocycles. The third kappa shape index (κ3) is 7.71. The molecule has 2 amide bonds. The van der Waals surface area contributed by atoms with Gasteiger partial charge in [0.15, 0.2) is 0 Å². The standard InChI is InChI=1S/C30H43N7O3/c1-4-18-35(19-5-2)25-10-12-26(13-11-25)37(30(39)40-3)20-23-6-8-24(9-7-23)29(38)36(21-27-31-14-15-32-27)22-28-33-16-17-34-28/h6-9,14-17,25-26H,4-5,10-13,18-22H2,1-3H3,(H,31,32)(H,33,34). The molecule has 0 unspecified atom stereocenters. The van der Waals surface area contributed by atoms with Crippen LogP contribution in [-0.2, 0) is 24.4 Å². The van der Waals surface area contributed by atoms with Crippen LogP contribution < -0.4 is 0 Å². The molecule has 216 valence electrons. The van der Waals surface area contributed by atoms with Crippen LogP contribution in [0.2, 0.25) is 0 Å². The number of H-pyrrole nitrogens is 2. The Hall–Kier alpha value is -3.66. The Bertz CT molecular complexity index is 1110. The maximum Gasteiger partial charge on any atom is 0.410 e. The van der Waals surface area contributed by atoms with E-state index < -0.39 is 0 Å². The molecule has 0 atom stereocenters. The largest absolute Gasteiger partial charge is 0.453 e. The maximum absolute atomic E-state index is 13.5. The number of benzene rings is 1. The summed E-state index contributed by atoms with van der Waals surface area (Å²) in [4.78, 5) is 47.1. The summed E-state index contributed by atoms with van der Waals surface area (Å²) in [7, 11) is 1.44. The lowest BCUT2D eigenvalue weighted by atomic mass is 9.88. The summed E-state index contributed by atoms with van der Waals surface area (Å²) < 4.78 is 5.18. The third-order valence-electron chi connectivity index (χ3n) is 7.69. The van der Waals surface area contributed by atoms with Crippen molar-refractivity contribution in [3.63, 3.8) is 0 Å². The molecule has 1 aliphatic rings. The van der Waals surface area contributed by atoms with E-state index in [9.17, 15) is 9.59 Å². The van der Waals surface area contributed by atoms with E-state index in [1.54, 1.807) is 29.7 Å². The van der Waals surface area contributed by atoms with Gasteiger partial charge in [-0.2, -0.15) is 0 Å². The lowest BCUT2D eigenvalue weighted by molar-refractivity contribution is 0.0698. The molecule has 0 saturated heterocycles. The van der Waals surface area contributed by atoms with Gasteiger partial charge in [0, 0.05) is 49.0 Å². The van der Waals surface area contributed by atoms with Crippen molar-refractivity contribution in [3.8, 4) is 0 Å². The molecular formula is C30H43N7O3. The molecule has 0 bridgehead atoms. The Kier molecular flexibility index (Phi) is 10.7. The number of aromatic amines is 2. The Labute approximate surface area is 237 Å². The number of aromatic nitrogens is 4. The number of ether oxygens (including phenoxy) is 1. The monoisotopic (exact) mass is 549 g/mol. The normalized spacial score (nSPS) is 17.1. The van der Waals surface area contributed by atoms with Crippen LogP contribution in [0.4, 0.5) is 4.79 Å². The predicted octanol–water partition coefficient (Wildman–Crippen LogP) is 4.98. The SMILES string of the molecule is CCCN(CCC)C1CCC(N(Cc2ccc(C(=O)N(Cc3ncc[nH]3)Cc3ncc[nH]3)cc2)C(=O)OC)CC1. The second-order valence-corrected chi connectivity index (χ2v) is 10.5. The maximum atomic E-state index is 13.5. The number of rotatable bonds is 13. The molecule has 1 saturated carbocycles. The van der Waals surface area contributed by atoms with E-state index in [0.717, 1.165) is 57.2 Å². The van der Waals surface area contributed by atoms with Gasteiger partial charge in [-0.05, 0) is 69.3 Å².